The predicted octanol–water partition coefficient (Wildman–Crippen LogP) is 5.12. The molecule has 1 heterocycles. The van der Waals surface area contributed by atoms with Crippen LogP contribution < -0.4 is 14.2 Å². The molecule has 2 aromatic carbocycles. The number of aryl methyl sites for hydroxylation is 2. The van der Waals surface area contributed by atoms with Gasteiger partial charge in [-0.2, -0.15) is 0 Å². The average Bonchev–Trinajstić information content (AvgIpc) is 3.02. The summed E-state index contributed by atoms with van der Waals surface area (Å²) in [4.78, 5) is 5.88. The fourth-order valence-corrected chi connectivity index (χ4v) is 3.69. The number of nitrogens with zero attached hydrogens (tertiary/aromatic N) is 1. The summed E-state index contributed by atoms with van der Waals surface area (Å²) in [5.41, 5.74) is 4.25. The van der Waals surface area contributed by atoms with Crippen LogP contribution in [0.4, 0.5) is 0 Å². The molecule has 0 saturated carbocycles. The summed E-state index contributed by atoms with van der Waals surface area (Å²) in [5, 5.41) is 1.01. The maximum Gasteiger partial charge on any atom is 0.203 e. The van der Waals surface area contributed by atoms with E-state index in [0.29, 0.717) is 17.2 Å². The lowest BCUT2D eigenvalue weighted by Gasteiger charge is -2.14. The van der Waals surface area contributed by atoms with Crippen molar-refractivity contribution < 1.29 is 14.2 Å². The molecule has 0 fully saturated rings. The van der Waals surface area contributed by atoms with Crippen molar-refractivity contribution in [3.63, 3.8) is 0 Å². The lowest BCUT2D eigenvalue weighted by Crippen LogP contribution is -1.96. The summed E-state index contributed by atoms with van der Waals surface area (Å²) in [6, 6.07) is 12.4. The minimum atomic E-state index is 0.581. The summed E-state index contributed by atoms with van der Waals surface area (Å²) in [6.07, 6.45) is 0. The van der Waals surface area contributed by atoms with Gasteiger partial charge in [0.15, 0.2) is 11.5 Å². The van der Waals surface area contributed by atoms with Gasteiger partial charge in [-0.3, -0.25) is 0 Å². The van der Waals surface area contributed by atoms with Gasteiger partial charge in [-0.05, 0) is 31.5 Å². The third-order valence-corrected chi connectivity index (χ3v) is 5.01. The molecule has 130 valence electrons. The molecule has 1 aromatic heterocycles. The Labute approximate surface area is 152 Å². The average molecular weight is 355 g/mol. The monoisotopic (exact) mass is 355 g/mol. The van der Waals surface area contributed by atoms with E-state index in [2.05, 4.69) is 31.2 Å². The maximum atomic E-state index is 5.48. The summed E-state index contributed by atoms with van der Waals surface area (Å²) in [6.45, 7) is 4.10. The van der Waals surface area contributed by atoms with Gasteiger partial charge in [0.1, 0.15) is 0 Å². The molecular weight excluding hydrogens is 334 g/mol. The van der Waals surface area contributed by atoms with Crippen LogP contribution >= 0.6 is 11.3 Å². The van der Waals surface area contributed by atoms with Crippen molar-refractivity contribution in [3.05, 3.63) is 47.0 Å². The lowest BCUT2D eigenvalue weighted by molar-refractivity contribution is 0.324. The first-order valence-electron chi connectivity index (χ1n) is 7.92. The van der Waals surface area contributed by atoms with E-state index in [1.165, 1.54) is 5.56 Å². The van der Waals surface area contributed by atoms with E-state index in [9.17, 15) is 0 Å². The summed E-state index contributed by atoms with van der Waals surface area (Å²) >= 11 is 1.68. The third kappa shape index (κ3) is 3.33. The van der Waals surface area contributed by atoms with E-state index in [4.69, 9.17) is 19.2 Å². The number of hydrogen-bond donors (Lipinski definition) is 0. The topological polar surface area (TPSA) is 40.6 Å². The molecule has 0 aliphatic carbocycles. The molecule has 0 atom stereocenters. The summed E-state index contributed by atoms with van der Waals surface area (Å²) < 4.78 is 16.4. The second kappa shape index (κ2) is 7.15. The molecule has 0 unspecified atom stereocenters. The number of rotatable bonds is 5. The van der Waals surface area contributed by atoms with Crippen molar-refractivity contribution in [2.24, 2.45) is 0 Å². The zero-order chi connectivity index (χ0) is 18.0. The van der Waals surface area contributed by atoms with Crippen LogP contribution in [0.5, 0.6) is 17.2 Å². The molecule has 0 N–H and O–H groups in total. The molecule has 0 radical (unpaired) electrons. The zero-order valence-corrected chi connectivity index (χ0v) is 15.9. The maximum absolute atomic E-state index is 5.48. The first kappa shape index (κ1) is 17.3. The van der Waals surface area contributed by atoms with Gasteiger partial charge in [-0.15, -0.1) is 11.3 Å². The van der Waals surface area contributed by atoms with Gasteiger partial charge in [0, 0.05) is 5.56 Å². The highest BCUT2D eigenvalue weighted by atomic mass is 32.1. The van der Waals surface area contributed by atoms with Crippen LogP contribution in [-0.2, 0) is 0 Å². The molecule has 0 aliphatic heterocycles. The van der Waals surface area contributed by atoms with E-state index in [0.717, 1.165) is 26.7 Å². The first-order chi connectivity index (χ1) is 12.1. The van der Waals surface area contributed by atoms with Crippen LogP contribution in [0.1, 0.15) is 10.6 Å². The van der Waals surface area contributed by atoms with Gasteiger partial charge in [0.25, 0.3) is 0 Å². The van der Waals surface area contributed by atoms with Crippen LogP contribution in [0.15, 0.2) is 36.4 Å². The highest BCUT2D eigenvalue weighted by Gasteiger charge is 2.19. The minimum absolute atomic E-state index is 0.581. The highest BCUT2D eigenvalue weighted by Crippen LogP contribution is 2.44. The molecule has 0 spiro atoms. The van der Waals surface area contributed by atoms with Crippen LogP contribution in [0, 0.1) is 13.8 Å². The number of thiazole rings is 1. The van der Waals surface area contributed by atoms with Gasteiger partial charge < -0.3 is 14.2 Å². The van der Waals surface area contributed by atoms with Crippen molar-refractivity contribution in [2.75, 3.05) is 21.3 Å². The molecule has 0 bridgehead atoms. The number of methoxy groups -OCH3 is 3. The Morgan fingerprint density at radius 3 is 1.92 bits per heavy atom. The quantitative estimate of drug-likeness (QED) is 0.637. The van der Waals surface area contributed by atoms with Crippen LogP contribution in [0.25, 0.3) is 21.7 Å². The Morgan fingerprint density at radius 1 is 0.800 bits per heavy atom. The summed E-state index contributed by atoms with van der Waals surface area (Å²) in [7, 11) is 4.84. The van der Waals surface area contributed by atoms with Gasteiger partial charge in [0.2, 0.25) is 5.75 Å². The van der Waals surface area contributed by atoms with Crippen molar-refractivity contribution in [3.8, 4) is 38.9 Å². The van der Waals surface area contributed by atoms with Gasteiger partial charge >= 0.3 is 0 Å². The summed E-state index contributed by atoms with van der Waals surface area (Å²) in [5.74, 6) is 1.83. The Kier molecular flexibility index (Phi) is 4.95. The Bertz CT molecular complexity index is 859. The van der Waals surface area contributed by atoms with E-state index in [1.54, 1.807) is 32.7 Å². The van der Waals surface area contributed by atoms with Crippen molar-refractivity contribution in [1.82, 2.24) is 4.98 Å². The normalized spacial score (nSPS) is 10.6. The first-order valence-corrected chi connectivity index (χ1v) is 8.74. The van der Waals surface area contributed by atoms with Gasteiger partial charge in [-0.25, -0.2) is 4.98 Å². The van der Waals surface area contributed by atoms with Gasteiger partial charge in [-0.1, -0.05) is 29.8 Å². The second-order valence-electron chi connectivity index (χ2n) is 5.69. The molecule has 3 aromatic rings. The molecular formula is C20H21NO3S. The number of hydrogen-bond acceptors (Lipinski definition) is 5. The smallest absolute Gasteiger partial charge is 0.203 e. The Balaban J connectivity index is 2.19. The third-order valence-electron chi connectivity index (χ3n) is 3.99. The predicted molar refractivity (Wildman–Crippen MR) is 102 cm³/mol. The molecule has 25 heavy (non-hydrogen) atoms. The second-order valence-corrected chi connectivity index (χ2v) is 6.89. The van der Waals surface area contributed by atoms with E-state index < -0.39 is 0 Å². The van der Waals surface area contributed by atoms with E-state index >= 15 is 0 Å². The zero-order valence-electron chi connectivity index (χ0n) is 15.0. The minimum Gasteiger partial charge on any atom is -0.493 e. The van der Waals surface area contributed by atoms with Crippen LogP contribution in [-0.4, -0.2) is 26.3 Å². The standard InChI is InChI=1S/C20H21NO3S/c1-12-6-8-14(9-7-12)20-18(21-13(2)25-20)15-10-16(22-3)19(24-5)17(11-15)23-4/h6-11H,1-5H3. The molecule has 5 heteroatoms. The highest BCUT2D eigenvalue weighted by molar-refractivity contribution is 7.15. The number of benzene rings is 2. The molecule has 0 aliphatic rings. The molecule has 0 amide bonds. The van der Waals surface area contributed by atoms with Crippen LogP contribution in [0.2, 0.25) is 0 Å². The largest absolute Gasteiger partial charge is 0.493 e. The number of aromatic nitrogens is 1. The van der Waals surface area contributed by atoms with Crippen molar-refractivity contribution >= 4 is 11.3 Å². The molecule has 4 nitrogen and oxygen atoms in total. The Morgan fingerprint density at radius 2 is 1.40 bits per heavy atom. The fourth-order valence-electron chi connectivity index (χ4n) is 2.74. The van der Waals surface area contributed by atoms with Gasteiger partial charge in [0.05, 0.1) is 36.9 Å². The van der Waals surface area contributed by atoms with E-state index in [-0.39, 0.29) is 0 Å². The molecule has 3 rings (SSSR count). The SMILES string of the molecule is COc1cc(-c2nc(C)sc2-c2ccc(C)cc2)cc(OC)c1OC. The lowest BCUT2D eigenvalue weighted by atomic mass is 10.0. The fraction of sp³-hybridized carbons (Fsp3) is 0.250. The molecule has 0 saturated heterocycles. The van der Waals surface area contributed by atoms with Crippen molar-refractivity contribution in [1.29, 1.82) is 0 Å². The number of ether oxygens (including phenoxy) is 3. The Hall–Kier alpha value is -2.53. The van der Waals surface area contributed by atoms with Crippen molar-refractivity contribution in [2.45, 2.75) is 13.8 Å². The van der Waals surface area contributed by atoms with E-state index in [1.807, 2.05) is 19.1 Å². The van der Waals surface area contributed by atoms with Crippen LogP contribution in [0.3, 0.4) is 0 Å².